The average Bonchev–Trinajstić information content (AvgIpc) is 2.65. The fourth-order valence-electron chi connectivity index (χ4n) is 2.50. The first kappa shape index (κ1) is 20.5. The smallest absolute Gasteiger partial charge is 0.241 e. The van der Waals surface area contributed by atoms with E-state index in [-0.39, 0.29) is 30.5 Å². The molecule has 0 fully saturated rings. The highest BCUT2D eigenvalue weighted by Crippen LogP contribution is 2.25. The molecule has 0 unspecified atom stereocenters. The minimum absolute atomic E-state index is 0.0451. The maximum Gasteiger partial charge on any atom is 0.241 e. The van der Waals surface area contributed by atoms with E-state index in [2.05, 4.69) is 10.3 Å². The van der Waals surface area contributed by atoms with Gasteiger partial charge in [0.15, 0.2) is 5.78 Å². The Morgan fingerprint density at radius 1 is 1.11 bits per heavy atom. The van der Waals surface area contributed by atoms with Crippen molar-refractivity contribution in [1.82, 2.24) is 10.3 Å². The Morgan fingerprint density at radius 2 is 1.78 bits per heavy atom. The molecule has 6 heteroatoms. The van der Waals surface area contributed by atoms with Gasteiger partial charge >= 0.3 is 0 Å². The van der Waals surface area contributed by atoms with Crippen molar-refractivity contribution < 1.29 is 9.59 Å². The fraction of sp³-hybridized carbons (Fsp3) is 0.333. The lowest BCUT2D eigenvalue weighted by molar-refractivity contribution is -0.127. The highest BCUT2D eigenvalue weighted by molar-refractivity contribution is 6.15. The molecule has 2 rings (SSSR count). The number of Topliss-reactive ketones (excluding diaryl/α,β-unsaturated/α-hetero) is 1. The molecule has 0 radical (unpaired) electrons. The predicted molar refractivity (Wildman–Crippen MR) is 107 cm³/mol. The van der Waals surface area contributed by atoms with Crippen molar-refractivity contribution in [1.29, 1.82) is 5.41 Å². The topological polar surface area (TPSA) is 86.2 Å². The van der Waals surface area contributed by atoms with E-state index in [0.717, 1.165) is 0 Å². The number of hydrogen-bond donors (Lipinski definition) is 2. The minimum atomic E-state index is -0.568. The summed E-state index contributed by atoms with van der Waals surface area (Å²) in [5, 5.41) is 11.4. The van der Waals surface area contributed by atoms with Crippen LogP contribution in [0.15, 0.2) is 48.7 Å². The van der Waals surface area contributed by atoms with Gasteiger partial charge in [0.2, 0.25) is 5.91 Å². The van der Waals surface area contributed by atoms with E-state index < -0.39 is 5.41 Å². The summed E-state index contributed by atoms with van der Waals surface area (Å²) >= 11 is 0. The van der Waals surface area contributed by atoms with Crippen LogP contribution >= 0.6 is 0 Å². The molecule has 0 aliphatic rings. The summed E-state index contributed by atoms with van der Waals surface area (Å²) in [7, 11) is 1.68. The predicted octanol–water partition coefficient (Wildman–Crippen LogP) is 2.67. The number of ketones is 1. The number of carbonyl (C=O) groups is 2. The number of likely N-dealkylation sites (N-methyl/N-ethyl adjacent to an activating group) is 1. The van der Waals surface area contributed by atoms with Crippen LogP contribution in [0, 0.1) is 10.8 Å². The van der Waals surface area contributed by atoms with E-state index in [9.17, 15) is 9.59 Å². The summed E-state index contributed by atoms with van der Waals surface area (Å²) in [5.41, 5.74) is 1.24. The van der Waals surface area contributed by atoms with Crippen molar-refractivity contribution in [2.24, 2.45) is 5.41 Å². The van der Waals surface area contributed by atoms with Crippen LogP contribution in [0.2, 0.25) is 0 Å². The van der Waals surface area contributed by atoms with E-state index >= 15 is 0 Å². The Hall–Kier alpha value is -2.86. The number of hydrogen-bond acceptors (Lipinski definition) is 5. The molecule has 2 aromatic rings. The average molecular weight is 366 g/mol. The highest BCUT2D eigenvalue weighted by Gasteiger charge is 2.28. The molecule has 0 saturated carbocycles. The number of carbonyl (C=O) groups excluding carboxylic acids is 2. The third-order valence-electron chi connectivity index (χ3n) is 4.15. The zero-order chi connectivity index (χ0) is 20.0. The molecular weight excluding hydrogens is 340 g/mol. The molecule has 1 amide bonds. The van der Waals surface area contributed by atoms with E-state index in [1.807, 2.05) is 32.9 Å². The zero-order valence-electron chi connectivity index (χ0n) is 16.2. The van der Waals surface area contributed by atoms with Gasteiger partial charge in [-0.05, 0) is 25.2 Å². The summed E-state index contributed by atoms with van der Waals surface area (Å²) in [6.45, 7) is 5.55. The number of rotatable bonds is 7. The standard InChI is InChI=1S/C21H26N4O2/c1-21(2,3)18(26)14-25(19(27)13-23-4)17-11-6-5-9-15(17)20(22)16-10-7-8-12-24-16/h5-12,22-23H,13-14H2,1-4H3. The number of pyridine rings is 1. The molecule has 1 aromatic carbocycles. The molecule has 2 N–H and O–H groups in total. The van der Waals surface area contributed by atoms with Crippen molar-refractivity contribution in [2.75, 3.05) is 25.0 Å². The second-order valence-corrected chi connectivity index (χ2v) is 7.29. The van der Waals surface area contributed by atoms with Crippen LogP contribution in [0.5, 0.6) is 0 Å². The number of benzene rings is 1. The van der Waals surface area contributed by atoms with Gasteiger partial charge in [-0.2, -0.15) is 0 Å². The fourth-order valence-corrected chi connectivity index (χ4v) is 2.50. The van der Waals surface area contributed by atoms with Crippen molar-refractivity contribution in [3.63, 3.8) is 0 Å². The van der Waals surface area contributed by atoms with E-state index in [1.165, 1.54) is 4.90 Å². The summed E-state index contributed by atoms with van der Waals surface area (Å²) in [6, 6.07) is 12.5. The van der Waals surface area contributed by atoms with Crippen LogP contribution in [0.3, 0.4) is 0 Å². The first-order valence-electron chi connectivity index (χ1n) is 8.83. The van der Waals surface area contributed by atoms with Crippen molar-refractivity contribution in [2.45, 2.75) is 20.8 Å². The van der Waals surface area contributed by atoms with Crippen molar-refractivity contribution in [3.05, 3.63) is 59.9 Å². The molecule has 0 bridgehead atoms. The number of anilines is 1. The van der Waals surface area contributed by atoms with Crippen LogP contribution in [0.25, 0.3) is 0 Å². The molecule has 27 heavy (non-hydrogen) atoms. The molecule has 0 aliphatic carbocycles. The molecule has 0 atom stereocenters. The number of aromatic nitrogens is 1. The van der Waals surface area contributed by atoms with Crippen molar-refractivity contribution in [3.8, 4) is 0 Å². The maximum atomic E-state index is 12.7. The first-order chi connectivity index (χ1) is 12.8. The van der Waals surface area contributed by atoms with E-state index in [0.29, 0.717) is 16.9 Å². The van der Waals surface area contributed by atoms with Gasteiger partial charge in [-0.25, -0.2) is 0 Å². The Morgan fingerprint density at radius 3 is 2.37 bits per heavy atom. The van der Waals surface area contributed by atoms with Gasteiger partial charge in [-0.3, -0.25) is 20.0 Å². The van der Waals surface area contributed by atoms with Gasteiger partial charge in [-0.1, -0.05) is 45.0 Å². The Kier molecular flexibility index (Phi) is 6.58. The SMILES string of the molecule is CNCC(=O)N(CC(=O)C(C)(C)C)c1ccccc1C(=N)c1ccccn1. The Bertz CT molecular complexity index is 826. The minimum Gasteiger partial charge on any atom is -0.311 e. The van der Waals surface area contributed by atoms with Crippen LogP contribution in [0.1, 0.15) is 32.0 Å². The zero-order valence-corrected chi connectivity index (χ0v) is 16.2. The number of nitrogens with one attached hydrogen (secondary N) is 2. The van der Waals surface area contributed by atoms with Gasteiger partial charge in [0.1, 0.15) is 0 Å². The molecule has 1 heterocycles. The van der Waals surface area contributed by atoms with E-state index in [4.69, 9.17) is 5.41 Å². The van der Waals surface area contributed by atoms with Crippen LogP contribution in [-0.4, -0.2) is 42.5 Å². The molecule has 0 spiro atoms. The third-order valence-corrected chi connectivity index (χ3v) is 4.15. The lowest BCUT2D eigenvalue weighted by Crippen LogP contribution is -2.44. The number of para-hydroxylation sites is 1. The largest absolute Gasteiger partial charge is 0.311 e. The van der Waals surface area contributed by atoms with Crippen LogP contribution in [0.4, 0.5) is 5.69 Å². The highest BCUT2D eigenvalue weighted by atomic mass is 16.2. The quantitative estimate of drug-likeness (QED) is 0.738. The first-order valence-corrected chi connectivity index (χ1v) is 8.83. The van der Waals surface area contributed by atoms with Crippen molar-refractivity contribution >= 4 is 23.1 Å². The second kappa shape index (κ2) is 8.68. The molecule has 0 saturated heterocycles. The second-order valence-electron chi connectivity index (χ2n) is 7.29. The van der Waals surface area contributed by atoms with Gasteiger partial charge in [0, 0.05) is 17.2 Å². The molecule has 142 valence electrons. The van der Waals surface area contributed by atoms with Gasteiger partial charge < -0.3 is 10.2 Å². The van der Waals surface area contributed by atoms with Gasteiger partial charge in [0.05, 0.1) is 30.2 Å². The molecular formula is C21H26N4O2. The monoisotopic (exact) mass is 366 g/mol. The summed E-state index contributed by atoms with van der Waals surface area (Å²) < 4.78 is 0. The lowest BCUT2D eigenvalue weighted by atomic mass is 9.90. The number of nitrogens with zero attached hydrogens (tertiary/aromatic N) is 2. The van der Waals surface area contributed by atoms with E-state index in [1.54, 1.807) is 43.6 Å². The lowest BCUT2D eigenvalue weighted by Gasteiger charge is -2.28. The van der Waals surface area contributed by atoms with Crippen LogP contribution < -0.4 is 10.2 Å². The Balaban J connectivity index is 2.48. The molecule has 1 aromatic heterocycles. The molecule has 0 aliphatic heterocycles. The summed E-state index contributed by atoms with van der Waals surface area (Å²) in [5.74, 6) is -0.275. The third kappa shape index (κ3) is 5.08. The number of amides is 1. The van der Waals surface area contributed by atoms with Gasteiger partial charge in [-0.15, -0.1) is 0 Å². The maximum absolute atomic E-state index is 12.7. The van der Waals surface area contributed by atoms with Gasteiger partial charge in [0.25, 0.3) is 0 Å². The normalized spacial score (nSPS) is 11.1. The Labute approximate surface area is 160 Å². The van der Waals surface area contributed by atoms with Crippen LogP contribution in [-0.2, 0) is 9.59 Å². The summed E-state index contributed by atoms with van der Waals surface area (Å²) in [6.07, 6.45) is 1.62. The summed E-state index contributed by atoms with van der Waals surface area (Å²) in [4.78, 5) is 31.1. The molecule has 6 nitrogen and oxygen atoms in total.